The molecule has 6 aliphatic rings. The van der Waals surface area contributed by atoms with Gasteiger partial charge in [0.15, 0.2) is 17.2 Å². The van der Waals surface area contributed by atoms with Crippen LogP contribution >= 0.6 is 0 Å². The minimum absolute atomic E-state index is 0.0194. The lowest BCUT2D eigenvalue weighted by Gasteiger charge is -2.57. The van der Waals surface area contributed by atoms with Gasteiger partial charge in [0.05, 0.1) is 23.7 Å². The van der Waals surface area contributed by atoms with E-state index in [1.54, 1.807) is 0 Å². The van der Waals surface area contributed by atoms with E-state index >= 15 is 0 Å². The first kappa shape index (κ1) is 22.7. The number of fused-ring (bicyclic) bond motifs is 4. The number of ketones is 2. The zero-order valence-electron chi connectivity index (χ0n) is 20.6. The van der Waals surface area contributed by atoms with Gasteiger partial charge in [-0.05, 0) is 93.1 Å². The van der Waals surface area contributed by atoms with Gasteiger partial charge < -0.3 is 14.6 Å². The van der Waals surface area contributed by atoms with Crippen molar-refractivity contribution in [3.05, 3.63) is 23.3 Å². The SMILES string of the molecule is CC1=C(CO)C(=O)OC([C@@H](C)C2CCC3C4C[C@H]5OC56C(=O)C=CC(=O)[C@]6(C)C4CC[C@@]32C)C1. The second-order valence-electron chi connectivity index (χ2n) is 12.4. The van der Waals surface area contributed by atoms with Crippen molar-refractivity contribution in [2.24, 2.45) is 40.4 Å². The summed E-state index contributed by atoms with van der Waals surface area (Å²) in [6.45, 7) is 8.31. The minimum Gasteiger partial charge on any atom is -0.458 e. The van der Waals surface area contributed by atoms with Crippen molar-refractivity contribution < 1.29 is 29.0 Å². The van der Waals surface area contributed by atoms with Crippen molar-refractivity contribution in [3.63, 3.8) is 0 Å². The highest BCUT2D eigenvalue weighted by Gasteiger charge is 2.80. The highest BCUT2D eigenvalue weighted by molar-refractivity contribution is 6.15. The number of aliphatic hydroxyl groups excluding tert-OH is 1. The van der Waals surface area contributed by atoms with E-state index in [2.05, 4.69) is 13.8 Å². The number of carbonyl (C=O) groups excluding carboxylic acids is 3. The van der Waals surface area contributed by atoms with Gasteiger partial charge >= 0.3 is 5.97 Å². The highest BCUT2D eigenvalue weighted by Crippen LogP contribution is 2.72. The van der Waals surface area contributed by atoms with Crippen molar-refractivity contribution in [1.29, 1.82) is 0 Å². The molecule has 0 aromatic heterocycles. The summed E-state index contributed by atoms with van der Waals surface area (Å²) in [7, 11) is 0. The molecule has 1 spiro atoms. The molecule has 2 heterocycles. The first-order chi connectivity index (χ1) is 16.1. The summed E-state index contributed by atoms with van der Waals surface area (Å²) in [6, 6.07) is 0. The van der Waals surface area contributed by atoms with Crippen LogP contribution in [0.5, 0.6) is 0 Å². The van der Waals surface area contributed by atoms with Gasteiger partial charge in [-0.3, -0.25) is 9.59 Å². The number of carbonyl (C=O) groups is 3. The Balaban J connectivity index is 1.28. The van der Waals surface area contributed by atoms with Crippen molar-refractivity contribution in [3.8, 4) is 0 Å². The monoisotopic (exact) mass is 468 g/mol. The molecule has 0 radical (unpaired) electrons. The van der Waals surface area contributed by atoms with Crippen LogP contribution in [0.25, 0.3) is 0 Å². The third-order valence-corrected chi connectivity index (χ3v) is 11.4. The molecule has 6 nitrogen and oxygen atoms in total. The van der Waals surface area contributed by atoms with Crippen LogP contribution < -0.4 is 0 Å². The second-order valence-corrected chi connectivity index (χ2v) is 12.4. The lowest BCUT2D eigenvalue weighted by molar-refractivity contribution is -0.155. The molecular weight excluding hydrogens is 432 g/mol. The van der Waals surface area contributed by atoms with E-state index in [0.29, 0.717) is 29.7 Å². The number of hydrogen-bond acceptors (Lipinski definition) is 6. The molecule has 1 N–H and O–H groups in total. The molecule has 6 unspecified atom stereocenters. The maximum atomic E-state index is 13.3. The Labute approximate surface area is 201 Å². The third-order valence-electron chi connectivity index (χ3n) is 11.4. The fraction of sp³-hybridized carbons (Fsp3) is 0.750. The highest BCUT2D eigenvalue weighted by atomic mass is 16.6. The van der Waals surface area contributed by atoms with Gasteiger partial charge in [0.25, 0.3) is 0 Å². The number of cyclic esters (lactones) is 1. The standard InChI is InChI=1S/C28H36O6/c1-14-11-21(33-25(32)17(14)13-29)15(2)18-5-6-19-16-12-24-28(34-24)23(31)8-7-22(30)27(28,4)20(16)9-10-26(18,19)3/h7-8,15-16,18-21,24,29H,5-6,9-13H2,1-4H3/t15-,16?,18?,19?,20?,21?,24+,26+,27-,28?/m0/s1. The number of allylic oxidation sites excluding steroid dienone is 1. The molecular formula is C28H36O6. The smallest absolute Gasteiger partial charge is 0.336 e. The third kappa shape index (κ3) is 2.57. The van der Waals surface area contributed by atoms with Crippen LogP contribution in [0.4, 0.5) is 0 Å². The minimum atomic E-state index is -0.913. The van der Waals surface area contributed by atoms with Crippen molar-refractivity contribution in [2.45, 2.75) is 84.0 Å². The van der Waals surface area contributed by atoms with Gasteiger partial charge in [0.1, 0.15) is 6.10 Å². The molecule has 0 bridgehead atoms. The molecule has 184 valence electrons. The van der Waals surface area contributed by atoms with Crippen LogP contribution in [-0.2, 0) is 23.9 Å². The average Bonchev–Trinajstić information content (AvgIpc) is 3.43. The van der Waals surface area contributed by atoms with Crippen molar-refractivity contribution in [1.82, 2.24) is 0 Å². The van der Waals surface area contributed by atoms with Gasteiger partial charge in [-0.2, -0.15) is 0 Å². The lowest BCUT2D eigenvalue weighted by atomic mass is 9.44. The maximum absolute atomic E-state index is 13.3. The van der Waals surface area contributed by atoms with Crippen molar-refractivity contribution >= 4 is 17.5 Å². The molecule has 4 fully saturated rings. The Morgan fingerprint density at radius 3 is 2.53 bits per heavy atom. The molecule has 3 saturated carbocycles. The van der Waals surface area contributed by atoms with Crippen LogP contribution in [0.2, 0.25) is 0 Å². The van der Waals surface area contributed by atoms with Gasteiger partial charge in [-0.25, -0.2) is 4.79 Å². The lowest BCUT2D eigenvalue weighted by Crippen LogP contribution is -2.62. The molecule has 0 aromatic rings. The summed E-state index contributed by atoms with van der Waals surface area (Å²) < 4.78 is 12.0. The molecule has 0 aromatic carbocycles. The first-order valence-electron chi connectivity index (χ1n) is 13.0. The molecule has 0 amide bonds. The Kier molecular flexibility index (Phi) is 4.75. The van der Waals surface area contributed by atoms with Crippen LogP contribution in [0.15, 0.2) is 23.3 Å². The number of ether oxygens (including phenoxy) is 2. The molecule has 1 saturated heterocycles. The molecule has 4 aliphatic carbocycles. The summed E-state index contributed by atoms with van der Waals surface area (Å²) >= 11 is 0. The first-order valence-corrected chi connectivity index (χ1v) is 13.0. The Morgan fingerprint density at radius 1 is 1.09 bits per heavy atom. The van der Waals surface area contributed by atoms with E-state index in [4.69, 9.17) is 9.47 Å². The fourth-order valence-electron chi connectivity index (χ4n) is 9.51. The largest absolute Gasteiger partial charge is 0.458 e. The Hall–Kier alpha value is -1.79. The number of rotatable bonds is 3. The molecule has 6 rings (SSSR count). The Morgan fingerprint density at radius 2 is 1.82 bits per heavy atom. The zero-order chi connectivity index (χ0) is 24.2. The summed E-state index contributed by atoms with van der Waals surface area (Å²) in [6.07, 6.45) is 8.35. The van der Waals surface area contributed by atoms with E-state index in [-0.39, 0.29) is 53.6 Å². The van der Waals surface area contributed by atoms with E-state index in [1.807, 2.05) is 13.8 Å². The number of epoxide rings is 1. The Bertz CT molecular complexity index is 1040. The zero-order valence-corrected chi connectivity index (χ0v) is 20.6. The normalized spacial score (nSPS) is 50.2. The average molecular weight is 469 g/mol. The van der Waals surface area contributed by atoms with Gasteiger partial charge in [-0.1, -0.05) is 19.4 Å². The van der Waals surface area contributed by atoms with Crippen LogP contribution in [0.1, 0.15) is 66.2 Å². The molecule has 34 heavy (non-hydrogen) atoms. The van der Waals surface area contributed by atoms with Crippen LogP contribution in [0, 0.1) is 40.4 Å². The number of esters is 1. The topological polar surface area (TPSA) is 93.2 Å². The van der Waals surface area contributed by atoms with E-state index in [0.717, 1.165) is 37.7 Å². The molecule has 2 aliphatic heterocycles. The quantitative estimate of drug-likeness (QED) is 0.503. The molecule has 10 atom stereocenters. The maximum Gasteiger partial charge on any atom is 0.336 e. The summed E-state index contributed by atoms with van der Waals surface area (Å²) in [5.74, 6) is 1.36. The number of aliphatic hydroxyl groups is 1. The van der Waals surface area contributed by atoms with Crippen molar-refractivity contribution in [2.75, 3.05) is 6.61 Å². The van der Waals surface area contributed by atoms with Gasteiger partial charge in [0, 0.05) is 6.42 Å². The number of hydrogen-bond donors (Lipinski definition) is 1. The summed E-state index contributed by atoms with van der Waals surface area (Å²) in [5.41, 5.74) is -0.202. The fourth-order valence-corrected chi connectivity index (χ4v) is 9.51. The van der Waals surface area contributed by atoms with Crippen LogP contribution in [0.3, 0.4) is 0 Å². The summed E-state index contributed by atoms with van der Waals surface area (Å²) in [5, 5.41) is 9.52. The van der Waals surface area contributed by atoms with E-state index in [9.17, 15) is 19.5 Å². The predicted molar refractivity (Wildman–Crippen MR) is 123 cm³/mol. The summed E-state index contributed by atoms with van der Waals surface area (Å²) in [4.78, 5) is 38.6. The van der Waals surface area contributed by atoms with E-state index < -0.39 is 11.0 Å². The van der Waals surface area contributed by atoms with Crippen LogP contribution in [-0.4, -0.2) is 47.1 Å². The van der Waals surface area contributed by atoms with E-state index in [1.165, 1.54) is 12.2 Å². The van der Waals surface area contributed by atoms with Gasteiger partial charge in [0.2, 0.25) is 0 Å². The van der Waals surface area contributed by atoms with Gasteiger partial charge in [-0.15, -0.1) is 0 Å². The molecule has 6 heteroatoms. The second kappa shape index (κ2) is 7.13. The predicted octanol–water partition coefficient (Wildman–Crippen LogP) is 3.56.